The second-order valence-electron chi connectivity index (χ2n) is 9.41. The van der Waals surface area contributed by atoms with Crippen LogP contribution in [0.5, 0.6) is 0 Å². The van der Waals surface area contributed by atoms with Crippen LogP contribution in [-0.2, 0) is 22.6 Å². The molecule has 1 atom stereocenters. The molecule has 1 N–H and O–H groups in total. The fourth-order valence-electron chi connectivity index (χ4n) is 4.67. The number of imide groups is 1. The summed E-state index contributed by atoms with van der Waals surface area (Å²) >= 11 is 0. The average molecular weight is 512 g/mol. The first-order valence-electron chi connectivity index (χ1n) is 13.1. The van der Waals surface area contributed by atoms with E-state index in [0.29, 0.717) is 30.5 Å². The van der Waals surface area contributed by atoms with E-state index < -0.39 is 6.04 Å². The summed E-state index contributed by atoms with van der Waals surface area (Å²) in [5, 5.41) is 2.97. The number of fused-ring (bicyclic) bond motifs is 1. The number of rotatable bonds is 12. The summed E-state index contributed by atoms with van der Waals surface area (Å²) in [7, 11) is 0. The van der Waals surface area contributed by atoms with Crippen molar-refractivity contribution in [3.63, 3.8) is 0 Å². The van der Waals surface area contributed by atoms with Gasteiger partial charge in [-0.05, 0) is 36.1 Å². The maximum atomic E-state index is 13.7. The van der Waals surface area contributed by atoms with Crippen LogP contribution in [0.4, 0.5) is 0 Å². The number of benzene rings is 3. The molecule has 4 amide bonds. The molecule has 1 aliphatic heterocycles. The van der Waals surface area contributed by atoms with Crippen LogP contribution in [-0.4, -0.2) is 52.6 Å². The Kier molecular flexibility index (Phi) is 9.03. The van der Waals surface area contributed by atoms with Gasteiger partial charge < -0.3 is 10.2 Å². The Bertz CT molecular complexity index is 1240. The van der Waals surface area contributed by atoms with Crippen LogP contribution in [0.1, 0.15) is 58.0 Å². The molecule has 7 heteroatoms. The molecule has 0 saturated carbocycles. The highest BCUT2D eigenvalue weighted by atomic mass is 16.2. The number of carbonyl (C=O) groups excluding carboxylic acids is 4. The molecule has 7 nitrogen and oxygen atoms in total. The van der Waals surface area contributed by atoms with Crippen molar-refractivity contribution < 1.29 is 19.2 Å². The molecule has 1 aliphatic rings. The highest BCUT2D eigenvalue weighted by molar-refractivity contribution is 6.21. The molecule has 196 valence electrons. The number of hydrogen-bond acceptors (Lipinski definition) is 4. The van der Waals surface area contributed by atoms with Crippen LogP contribution >= 0.6 is 0 Å². The van der Waals surface area contributed by atoms with Gasteiger partial charge in [-0.25, -0.2) is 0 Å². The maximum Gasteiger partial charge on any atom is 0.261 e. The lowest BCUT2D eigenvalue weighted by atomic mass is 10.0. The molecule has 0 spiro atoms. The zero-order valence-electron chi connectivity index (χ0n) is 21.6. The molecule has 3 aromatic rings. The van der Waals surface area contributed by atoms with E-state index in [0.717, 1.165) is 17.5 Å². The van der Waals surface area contributed by atoms with Crippen LogP contribution in [0.15, 0.2) is 84.9 Å². The summed E-state index contributed by atoms with van der Waals surface area (Å²) in [6, 6.07) is 25.3. The highest BCUT2D eigenvalue weighted by Gasteiger charge is 2.35. The molecule has 0 fully saturated rings. The van der Waals surface area contributed by atoms with Gasteiger partial charge in [0.2, 0.25) is 11.8 Å². The Morgan fingerprint density at radius 2 is 1.37 bits per heavy atom. The first-order chi connectivity index (χ1) is 18.5. The Hall–Kier alpha value is -4.26. The third-order valence-corrected chi connectivity index (χ3v) is 6.67. The van der Waals surface area contributed by atoms with Crippen molar-refractivity contribution >= 4 is 23.6 Å². The second-order valence-corrected chi connectivity index (χ2v) is 9.41. The van der Waals surface area contributed by atoms with Crippen molar-refractivity contribution in [3.8, 4) is 0 Å². The van der Waals surface area contributed by atoms with Gasteiger partial charge >= 0.3 is 0 Å². The number of amides is 4. The van der Waals surface area contributed by atoms with Gasteiger partial charge in [0.05, 0.1) is 11.1 Å². The summed E-state index contributed by atoms with van der Waals surface area (Å²) in [6.07, 6.45) is 1.58. The first kappa shape index (κ1) is 26.8. The molecule has 0 bridgehead atoms. The zero-order valence-corrected chi connectivity index (χ0v) is 21.6. The van der Waals surface area contributed by atoms with E-state index in [1.165, 1.54) is 4.90 Å². The summed E-state index contributed by atoms with van der Waals surface area (Å²) in [5.74, 6) is -1.06. The van der Waals surface area contributed by atoms with Crippen LogP contribution in [0, 0.1) is 0 Å². The van der Waals surface area contributed by atoms with E-state index in [1.54, 1.807) is 29.2 Å². The average Bonchev–Trinajstić information content (AvgIpc) is 3.19. The van der Waals surface area contributed by atoms with Crippen LogP contribution in [0.2, 0.25) is 0 Å². The van der Waals surface area contributed by atoms with Crippen LogP contribution in [0.3, 0.4) is 0 Å². The van der Waals surface area contributed by atoms with Gasteiger partial charge in [-0.1, -0.05) is 79.7 Å². The van der Waals surface area contributed by atoms with E-state index in [-0.39, 0.29) is 43.1 Å². The summed E-state index contributed by atoms with van der Waals surface area (Å²) in [4.78, 5) is 55.3. The molecular formula is C31H33N3O4. The Labute approximate surface area is 223 Å². The number of nitrogens with one attached hydrogen (secondary N) is 1. The van der Waals surface area contributed by atoms with Crippen molar-refractivity contribution in [2.45, 2.75) is 45.2 Å². The van der Waals surface area contributed by atoms with Gasteiger partial charge in [-0.2, -0.15) is 0 Å². The Balaban J connectivity index is 1.51. The fraction of sp³-hybridized carbons (Fsp3) is 0.290. The molecular weight excluding hydrogens is 478 g/mol. The lowest BCUT2D eigenvalue weighted by Crippen LogP contribution is -2.50. The molecule has 38 heavy (non-hydrogen) atoms. The minimum absolute atomic E-state index is 0.104. The quantitative estimate of drug-likeness (QED) is 0.369. The molecule has 0 aromatic heterocycles. The third kappa shape index (κ3) is 6.35. The fourth-order valence-corrected chi connectivity index (χ4v) is 4.67. The van der Waals surface area contributed by atoms with E-state index in [2.05, 4.69) is 5.32 Å². The van der Waals surface area contributed by atoms with Gasteiger partial charge in [0, 0.05) is 32.5 Å². The molecule has 0 aliphatic carbocycles. The number of nitrogens with zero attached hydrogens (tertiary/aromatic N) is 2. The van der Waals surface area contributed by atoms with E-state index >= 15 is 0 Å². The van der Waals surface area contributed by atoms with Crippen molar-refractivity contribution in [2.24, 2.45) is 0 Å². The second kappa shape index (κ2) is 12.8. The van der Waals surface area contributed by atoms with Crippen LogP contribution < -0.4 is 5.32 Å². The van der Waals surface area contributed by atoms with Gasteiger partial charge in [0.1, 0.15) is 6.04 Å². The predicted octanol–water partition coefficient (Wildman–Crippen LogP) is 4.23. The largest absolute Gasteiger partial charge is 0.354 e. The van der Waals surface area contributed by atoms with Crippen molar-refractivity contribution in [3.05, 3.63) is 107 Å². The van der Waals surface area contributed by atoms with Crippen molar-refractivity contribution in [2.75, 3.05) is 13.1 Å². The summed E-state index contributed by atoms with van der Waals surface area (Å²) in [6.45, 7) is 2.93. The molecule has 1 heterocycles. The predicted molar refractivity (Wildman–Crippen MR) is 145 cm³/mol. The third-order valence-electron chi connectivity index (χ3n) is 6.67. The van der Waals surface area contributed by atoms with Gasteiger partial charge in [-0.3, -0.25) is 24.1 Å². The maximum absolute atomic E-state index is 13.7. The molecule has 0 saturated heterocycles. The van der Waals surface area contributed by atoms with Crippen molar-refractivity contribution in [1.29, 1.82) is 0 Å². The van der Waals surface area contributed by atoms with E-state index in [4.69, 9.17) is 0 Å². The van der Waals surface area contributed by atoms with E-state index in [1.807, 2.05) is 67.6 Å². The smallest absolute Gasteiger partial charge is 0.261 e. The summed E-state index contributed by atoms with van der Waals surface area (Å²) in [5.41, 5.74) is 2.67. The molecule has 4 rings (SSSR count). The van der Waals surface area contributed by atoms with Gasteiger partial charge in [0.25, 0.3) is 11.8 Å². The normalized spacial score (nSPS) is 13.2. The monoisotopic (exact) mass is 511 g/mol. The minimum Gasteiger partial charge on any atom is -0.354 e. The Morgan fingerprint density at radius 3 is 1.95 bits per heavy atom. The number of carbonyl (C=O) groups is 4. The standard InChI is InChI=1S/C31H33N3O4/c1-2-19-32-29(36)27(21-23-12-5-3-6-13-23)34(22-24-14-7-4-8-15-24)28(35)18-11-20-33-30(37)25-16-9-10-17-26(25)31(33)38/h3-10,12-17,27H,2,11,18-22H2,1H3,(H,32,36). The molecule has 0 radical (unpaired) electrons. The topological polar surface area (TPSA) is 86.8 Å². The Morgan fingerprint density at radius 1 is 0.816 bits per heavy atom. The first-order valence-corrected chi connectivity index (χ1v) is 13.1. The summed E-state index contributed by atoms with van der Waals surface area (Å²) < 4.78 is 0. The SMILES string of the molecule is CCCNC(=O)C(Cc1ccccc1)N(Cc1ccccc1)C(=O)CCCN1C(=O)c2ccccc2C1=O. The molecule has 1 unspecified atom stereocenters. The highest BCUT2D eigenvalue weighted by Crippen LogP contribution is 2.23. The number of hydrogen-bond donors (Lipinski definition) is 1. The van der Waals surface area contributed by atoms with Gasteiger partial charge in [-0.15, -0.1) is 0 Å². The minimum atomic E-state index is -0.698. The van der Waals surface area contributed by atoms with Crippen LogP contribution in [0.25, 0.3) is 0 Å². The lowest BCUT2D eigenvalue weighted by Gasteiger charge is -2.32. The van der Waals surface area contributed by atoms with Gasteiger partial charge in [0.15, 0.2) is 0 Å². The molecule has 3 aromatic carbocycles. The zero-order chi connectivity index (χ0) is 26.9. The van der Waals surface area contributed by atoms with E-state index in [9.17, 15) is 19.2 Å². The van der Waals surface area contributed by atoms with Crippen molar-refractivity contribution in [1.82, 2.24) is 15.1 Å². The lowest BCUT2D eigenvalue weighted by molar-refractivity contribution is -0.141.